The van der Waals surface area contributed by atoms with E-state index >= 15 is 0 Å². The average Bonchev–Trinajstić information content (AvgIpc) is 2.28. The molecule has 0 radical (unpaired) electrons. The molecule has 0 bridgehead atoms. The minimum absolute atomic E-state index is 0.0175. The van der Waals surface area contributed by atoms with Gasteiger partial charge in [0.05, 0.1) is 18.5 Å². The van der Waals surface area contributed by atoms with Crippen LogP contribution in [0.3, 0.4) is 0 Å². The number of aromatic nitrogens is 2. The van der Waals surface area contributed by atoms with E-state index in [9.17, 15) is 14.9 Å². The van der Waals surface area contributed by atoms with E-state index in [0.717, 1.165) is 6.33 Å². The van der Waals surface area contributed by atoms with E-state index < -0.39 is 4.92 Å². The SMILES string of the molecule is COCC(=O)Cc1ncnc(OC)c1[N+](=O)[O-]. The molecule has 0 aliphatic rings. The summed E-state index contributed by atoms with van der Waals surface area (Å²) in [5, 5.41) is 10.8. The van der Waals surface area contributed by atoms with Crippen molar-refractivity contribution in [3.8, 4) is 5.88 Å². The van der Waals surface area contributed by atoms with Crippen molar-refractivity contribution in [3.63, 3.8) is 0 Å². The Labute approximate surface area is 96.7 Å². The van der Waals surface area contributed by atoms with Crippen LogP contribution in [0.5, 0.6) is 5.88 Å². The first kappa shape index (κ1) is 13.0. The Bertz CT molecular complexity index is 435. The van der Waals surface area contributed by atoms with Crippen LogP contribution in [0.1, 0.15) is 5.69 Å². The molecule has 0 N–H and O–H groups in total. The molecule has 0 unspecified atom stereocenters. The second kappa shape index (κ2) is 5.85. The Morgan fingerprint density at radius 1 is 1.47 bits per heavy atom. The summed E-state index contributed by atoms with van der Waals surface area (Å²) in [7, 11) is 2.63. The first-order chi connectivity index (χ1) is 8.10. The van der Waals surface area contributed by atoms with Crippen LogP contribution in [-0.2, 0) is 16.0 Å². The van der Waals surface area contributed by atoms with E-state index in [2.05, 4.69) is 14.7 Å². The summed E-state index contributed by atoms with van der Waals surface area (Å²) in [6.07, 6.45) is 0.921. The molecule has 0 saturated carbocycles. The lowest BCUT2D eigenvalue weighted by Gasteiger charge is -2.04. The molecule has 0 aromatic carbocycles. The Kier molecular flexibility index (Phi) is 4.46. The topological polar surface area (TPSA) is 104 Å². The first-order valence-electron chi connectivity index (χ1n) is 4.63. The lowest BCUT2D eigenvalue weighted by atomic mass is 10.2. The number of nitrogens with zero attached hydrogens (tertiary/aromatic N) is 3. The molecular formula is C9H11N3O5. The summed E-state index contributed by atoms with van der Waals surface area (Å²) < 4.78 is 9.39. The number of carbonyl (C=O) groups excluding carboxylic acids is 1. The summed E-state index contributed by atoms with van der Waals surface area (Å²) in [6.45, 7) is -0.122. The van der Waals surface area contributed by atoms with Gasteiger partial charge in [0, 0.05) is 7.11 Å². The largest absolute Gasteiger partial charge is 0.476 e. The van der Waals surface area contributed by atoms with Crippen LogP contribution in [0.25, 0.3) is 0 Å². The van der Waals surface area contributed by atoms with E-state index in [-0.39, 0.29) is 36.1 Å². The molecule has 1 rings (SSSR count). The molecule has 1 aromatic rings. The smallest absolute Gasteiger partial charge is 0.352 e. The van der Waals surface area contributed by atoms with Crippen molar-refractivity contribution >= 4 is 11.5 Å². The van der Waals surface area contributed by atoms with Gasteiger partial charge in [-0.05, 0) is 0 Å². The first-order valence-corrected chi connectivity index (χ1v) is 4.63. The molecule has 0 aliphatic heterocycles. The van der Waals surface area contributed by atoms with Crippen molar-refractivity contribution < 1.29 is 19.2 Å². The van der Waals surface area contributed by atoms with Crippen molar-refractivity contribution in [2.45, 2.75) is 6.42 Å². The molecule has 17 heavy (non-hydrogen) atoms. The molecule has 0 saturated heterocycles. The molecule has 8 heteroatoms. The second-order valence-corrected chi connectivity index (χ2v) is 3.08. The number of methoxy groups -OCH3 is 2. The van der Waals surface area contributed by atoms with Gasteiger partial charge in [0.2, 0.25) is 0 Å². The van der Waals surface area contributed by atoms with Crippen molar-refractivity contribution in [2.24, 2.45) is 0 Å². The van der Waals surface area contributed by atoms with E-state index in [4.69, 9.17) is 4.74 Å². The van der Waals surface area contributed by atoms with Crippen LogP contribution in [0, 0.1) is 10.1 Å². The summed E-state index contributed by atoms with van der Waals surface area (Å²) in [6, 6.07) is 0. The van der Waals surface area contributed by atoms with Crippen LogP contribution in [0.15, 0.2) is 6.33 Å². The third-order valence-corrected chi connectivity index (χ3v) is 1.91. The number of ketones is 1. The van der Waals surface area contributed by atoms with Crippen molar-refractivity contribution in [1.82, 2.24) is 9.97 Å². The zero-order chi connectivity index (χ0) is 12.8. The monoisotopic (exact) mass is 241 g/mol. The number of rotatable bonds is 6. The molecule has 0 fully saturated rings. The van der Waals surface area contributed by atoms with Gasteiger partial charge in [-0.25, -0.2) is 4.98 Å². The second-order valence-electron chi connectivity index (χ2n) is 3.08. The molecule has 8 nitrogen and oxygen atoms in total. The maximum absolute atomic E-state index is 11.3. The average molecular weight is 241 g/mol. The lowest BCUT2D eigenvalue weighted by Crippen LogP contribution is -2.13. The van der Waals surface area contributed by atoms with Gasteiger partial charge >= 0.3 is 5.69 Å². The van der Waals surface area contributed by atoms with E-state index in [1.807, 2.05) is 0 Å². The Morgan fingerprint density at radius 3 is 2.71 bits per heavy atom. The molecule has 1 heterocycles. The van der Waals surface area contributed by atoms with E-state index in [1.165, 1.54) is 14.2 Å². The quantitative estimate of drug-likeness (QED) is 0.515. The number of Topliss-reactive ketones (excluding diaryl/α,β-unsaturated/α-hetero) is 1. The summed E-state index contributed by atoms with van der Waals surface area (Å²) in [5.74, 6) is -0.471. The van der Waals surface area contributed by atoms with Gasteiger partial charge in [-0.1, -0.05) is 0 Å². The van der Waals surface area contributed by atoms with Crippen molar-refractivity contribution in [3.05, 3.63) is 22.1 Å². The third-order valence-electron chi connectivity index (χ3n) is 1.91. The van der Waals surface area contributed by atoms with Gasteiger partial charge in [0.25, 0.3) is 5.88 Å². The summed E-state index contributed by atoms with van der Waals surface area (Å²) in [4.78, 5) is 28.8. The van der Waals surface area contributed by atoms with Crippen LogP contribution in [0.2, 0.25) is 0 Å². The van der Waals surface area contributed by atoms with Gasteiger partial charge in [0.1, 0.15) is 18.6 Å². The predicted molar refractivity (Wildman–Crippen MR) is 55.8 cm³/mol. The standard InChI is InChI=1S/C9H11N3O5/c1-16-4-6(13)3-7-8(12(14)15)9(17-2)11-5-10-7/h5H,3-4H2,1-2H3. The molecule has 92 valence electrons. The fraction of sp³-hybridized carbons (Fsp3) is 0.444. The molecular weight excluding hydrogens is 230 g/mol. The van der Waals surface area contributed by atoms with Gasteiger partial charge in [-0.2, -0.15) is 4.98 Å². The highest BCUT2D eigenvalue weighted by atomic mass is 16.6. The van der Waals surface area contributed by atoms with E-state index in [1.54, 1.807) is 0 Å². The van der Waals surface area contributed by atoms with Crippen molar-refractivity contribution in [1.29, 1.82) is 0 Å². The Balaban J connectivity index is 3.06. The highest BCUT2D eigenvalue weighted by Crippen LogP contribution is 2.26. The maximum atomic E-state index is 11.3. The highest BCUT2D eigenvalue weighted by molar-refractivity contribution is 5.82. The third kappa shape index (κ3) is 3.18. The number of nitro groups is 1. The van der Waals surface area contributed by atoms with Crippen LogP contribution >= 0.6 is 0 Å². The number of hydrogen-bond acceptors (Lipinski definition) is 7. The molecule has 0 amide bonds. The number of hydrogen-bond donors (Lipinski definition) is 0. The zero-order valence-electron chi connectivity index (χ0n) is 9.37. The predicted octanol–water partition coefficient (Wildman–Crippen LogP) is 0.151. The Hall–Kier alpha value is -2.09. The molecule has 0 atom stereocenters. The molecule has 0 spiro atoms. The minimum Gasteiger partial charge on any atom is -0.476 e. The maximum Gasteiger partial charge on any atom is 0.352 e. The Morgan fingerprint density at radius 2 is 2.18 bits per heavy atom. The van der Waals surface area contributed by atoms with Crippen LogP contribution < -0.4 is 4.74 Å². The molecule has 0 aliphatic carbocycles. The van der Waals surface area contributed by atoms with Crippen molar-refractivity contribution in [2.75, 3.05) is 20.8 Å². The van der Waals surface area contributed by atoms with E-state index in [0.29, 0.717) is 0 Å². The minimum atomic E-state index is -0.672. The van der Waals surface area contributed by atoms with Crippen LogP contribution in [-0.4, -0.2) is 41.5 Å². The summed E-state index contributed by atoms with van der Waals surface area (Å²) >= 11 is 0. The fourth-order valence-corrected chi connectivity index (χ4v) is 1.26. The lowest BCUT2D eigenvalue weighted by molar-refractivity contribution is -0.387. The van der Waals surface area contributed by atoms with Gasteiger partial charge in [-0.15, -0.1) is 0 Å². The van der Waals surface area contributed by atoms with Crippen LogP contribution in [0.4, 0.5) is 5.69 Å². The fourth-order valence-electron chi connectivity index (χ4n) is 1.26. The van der Waals surface area contributed by atoms with Gasteiger partial charge in [-0.3, -0.25) is 14.9 Å². The highest BCUT2D eigenvalue weighted by Gasteiger charge is 2.24. The van der Waals surface area contributed by atoms with Gasteiger partial charge < -0.3 is 9.47 Å². The molecule has 1 aromatic heterocycles. The number of ether oxygens (including phenoxy) is 2. The van der Waals surface area contributed by atoms with Gasteiger partial charge in [0.15, 0.2) is 5.78 Å². The number of carbonyl (C=O) groups is 1. The summed E-state index contributed by atoms with van der Waals surface area (Å²) in [5.41, 5.74) is -0.372. The zero-order valence-corrected chi connectivity index (χ0v) is 9.37. The normalized spacial score (nSPS) is 10.0.